The Hall–Kier alpha value is -3.64. The van der Waals surface area contributed by atoms with E-state index in [-0.39, 0.29) is 12.6 Å². The maximum atomic E-state index is 10.8. The fourth-order valence-electron chi connectivity index (χ4n) is 5.74. The molecule has 5 N–H and O–H groups in total. The molecule has 2 aliphatic rings. The second kappa shape index (κ2) is 10.3. The monoisotopic (exact) mass is 572 g/mol. The lowest BCUT2D eigenvalue weighted by atomic mass is 10.1. The SMILES string of the molecule is Cc1nc(N[C@@H](C)c2cc3ccccc3o2)nc(N[C@@H]2C[C@H](CO)[C@@H](O)[C@H]2O)c1-c1nc2c(C3CC3)nccc2s1. The quantitative estimate of drug-likeness (QED) is 0.176. The lowest BCUT2D eigenvalue weighted by Crippen LogP contribution is -2.35. The number of hydrogen-bond donors (Lipinski definition) is 5. The molecule has 7 rings (SSSR count). The molecule has 2 fully saturated rings. The highest BCUT2D eigenvalue weighted by molar-refractivity contribution is 7.21. The number of furan rings is 1. The highest BCUT2D eigenvalue weighted by Gasteiger charge is 2.41. The van der Waals surface area contributed by atoms with Crippen molar-refractivity contribution in [2.24, 2.45) is 5.92 Å². The molecule has 4 aromatic heterocycles. The molecule has 11 heteroatoms. The molecule has 41 heavy (non-hydrogen) atoms. The van der Waals surface area contributed by atoms with Gasteiger partial charge in [0.2, 0.25) is 5.95 Å². The Labute approximate surface area is 240 Å². The standard InChI is InChI=1S/C30H32N6O4S/c1-14(21-12-17-5-3-4-6-20(17)40-21)32-30-33-15(2)23(28(36-30)34-19-11-18(13-37)26(38)27(19)39)29-35-25-22(41-29)9-10-31-24(25)16-7-8-16/h3-6,9-10,12,14,16,18-19,26-27,37-39H,7-8,11,13H2,1-2H3,(H2,32,33,34,36)/t14-,18+,19+,26+,27-/m0/s1. The first-order valence-corrected chi connectivity index (χ1v) is 14.8. The number of fused-ring (bicyclic) bond motifs is 2. The average Bonchev–Trinajstić information content (AvgIpc) is 3.46. The number of aromatic nitrogens is 4. The summed E-state index contributed by atoms with van der Waals surface area (Å²) in [6.45, 7) is 3.70. The molecule has 2 aliphatic carbocycles. The van der Waals surface area contributed by atoms with Crippen molar-refractivity contribution >= 4 is 44.3 Å². The van der Waals surface area contributed by atoms with E-state index in [0.717, 1.165) is 56.1 Å². The van der Waals surface area contributed by atoms with Crippen molar-refractivity contribution < 1.29 is 19.7 Å². The van der Waals surface area contributed by atoms with Crippen LogP contribution in [0.4, 0.5) is 11.8 Å². The summed E-state index contributed by atoms with van der Waals surface area (Å²) in [7, 11) is 0. The third kappa shape index (κ3) is 4.82. The van der Waals surface area contributed by atoms with Crippen LogP contribution in [0.5, 0.6) is 0 Å². The van der Waals surface area contributed by atoms with Gasteiger partial charge in [-0.05, 0) is 51.3 Å². The maximum absolute atomic E-state index is 10.8. The molecule has 0 amide bonds. The van der Waals surface area contributed by atoms with Crippen LogP contribution in [-0.4, -0.2) is 60.1 Å². The third-order valence-corrected chi connectivity index (χ3v) is 9.22. The summed E-state index contributed by atoms with van der Waals surface area (Å²) in [5.41, 5.74) is 4.22. The molecule has 1 aromatic carbocycles. The Bertz CT molecular complexity index is 1700. The Morgan fingerprint density at radius 2 is 1.93 bits per heavy atom. The molecule has 5 atom stereocenters. The molecule has 0 unspecified atom stereocenters. The summed E-state index contributed by atoms with van der Waals surface area (Å²) in [6, 6.07) is 11.1. The van der Waals surface area contributed by atoms with Crippen molar-refractivity contribution in [3.8, 4) is 10.6 Å². The summed E-state index contributed by atoms with van der Waals surface area (Å²) < 4.78 is 7.11. The summed E-state index contributed by atoms with van der Waals surface area (Å²) >= 11 is 1.56. The van der Waals surface area contributed by atoms with Gasteiger partial charge in [0.15, 0.2) is 0 Å². The highest BCUT2D eigenvalue weighted by Crippen LogP contribution is 2.44. The fraction of sp³-hybridized carbons (Fsp3) is 0.400. The Balaban J connectivity index is 1.27. The first-order valence-electron chi connectivity index (χ1n) is 14.0. The Morgan fingerprint density at radius 1 is 1.10 bits per heavy atom. The number of rotatable bonds is 8. The number of nitrogens with one attached hydrogen (secondary N) is 2. The largest absolute Gasteiger partial charge is 0.459 e. The zero-order chi connectivity index (χ0) is 28.2. The number of benzene rings is 1. The highest BCUT2D eigenvalue weighted by atomic mass is 32.1. The van der Waals surface area contributed by atoms with Crippen molar-refractivity contribution in [1.82, 2.24) is 19.9 Å². The van der Waals surface area contributed by atoms with Gasteiger partial charge in [0.25, 0.3) is 0 Å². The topological polar surface area (TPSA) is 149 Å². The van der Waals surface area contributed by atoms with Crippen LogP contribution in [0.2, 0.25) is 0 Å². The minimum atomic E-state index is -1.05. The number of para-hydroxylation sites is 1. The lowest BCUT2D eigenvalue weighted by molar-refractivity contribution is 0.00446. The maximum Gasteiger partial charge on any atom is 0.225 e. The van der Waals surface area contributed by atoms with Crippen LogP contribution in [0.15, 0.2) is 47.0 Å². The van der Waals surface area contributed by atoms with E-state index in [1.165, 1.54) is 0 Å². The number of aryl methyl sites for hydroxylation is 1. The predicted molar refractivity (Wildman–Crippen MR) is 158 cm³/mol. The molecule has 0 bridgehead atoms. The molecule has 0 saturated heterocycles. The molecule has 5 aromatic rings. The van der Waals surface area contributed by atoms with Gasteiger partial charge in [-0.15, -0.1) is 11.3 Å². The zero-order valence-electron chi connectivity index (χ0n) is 22.8. The molecule has 0 aliphatic heterocycles. The number of nitrogens with zero attached hydrogens (tertiary/aromatic N) is 4. The summed E-state index contributed by atoms with van der Waals surface area (Å²) in [5, 5.41) is 39.5. The minimum absolute atomic E-state index is 0.206. The van der Waals surface area contributed by atoms with Crippen LogP contribution in [0, 0.1) is 12.8 Å². The second-order valence-corrected chi connectivity index (χ2v) is 12.2. The Kier molecular flexibility index (Phi) is 6.61. The van der Waals surface area contributed by atoms with Crippen molar-refractivity contribution in [1.29, 1.82) is 0 Å². The lowest BCUT2D eigenvalue weighted by Gasteiger charge is -2.22. The third-order valence-electron chi connectivity index (χ3n) is 8.18. The molecule has 10 nitrogen and oxygen atoms in total. The van der Waals surface area contributed by atoms with Gasteiger partial charge >= 0.3 is 0 Å². The van der Waals surface area contributed by atoms with Gasteiger partial charge in [0.1, 0.15) is 33.8 Å². The molecule has 0 spiro atoms. The zero-order valence-corrected chi connectivity index (χ0v) is 23.6. The predicted octanol–water partition coefficient (Wildman–Crippen LogP) is 4.77. The average molecular weight is 573 g/mol. The van der Waals surface area contributed by atoms with E-state index in [9.17, 15) is 15.3 Å². The van der Waals surface area contributed by atoms with Crippen LogP contribution in [0.1, 0.15) is 55.3 Å². The van der Waals surface area contributed by atoms with Crippen molar-refractivity contribution in [2.75, 3.05) is 17.2 Å². The van der Waals surface area contributed by atoms with Gasteiger partial charge in [0.05, 0.1) is 39.8 Å². The van der Waals surface area contributed by atoms with Crippen molar-refractivity contribution in [3.05, 3.63) is 59.7 Å². The number of thiazole rings is 1. The van der Waals surface area contributed by atoms with E-state index in [1.54, 1.807) is 11.3 Å². The number of aliphatic hydroxyl groups is 3. The fourth-order valence-corrected chi connectivity index (χ4v) is 6.81. The second-order valence-electron chi connectivity index (χ2n) is 11.2. The summed E-state index contributed by atoms with van der Waals surface area (Å²) in [4.78, 5) is 19.3. The molecule has 4 heterocycles. The van der Waals surface area contributed by atoms with Gasteiger partial charge in [-0.25, -0.2) is 9.97 Å². The molecule has 0 radical (unpaired) electrons. The van der Waals surface area contributed by atoms with Gasteiger partial charge in [-0.1, -0.05) is 18.2 Å². The van der Waals surface area contributed by atoms with Crippen molar-refractivity contribution in [2.45, 2.75) is 63.3 Å². The van der Waals surface area contributed by atoms with E-state index in [1.807, 2.05) is 56.4 Å². The Morgan fingerprint density at radius 3 is 2.68 bits per heavy atom. The number of anilines is 2. The molecular weight excluding hydrogens is 540 g/mol. The first-order chi connectivity index (χ1) is 19.9. The van der Waals surface area contributed by atoms with Gasteiger partial charge < -0.3 is 30.4 Å². The summed E-state index contributed by atoms with van der Waals surface area (Å²) in [6.07, 6.45) is 2.43. The van der Waals surface area contributed by atoms with Crippen LogP contribution in [0.3, 0.4) is 0 Å². The van der Waals surface area contributed by atoms with Gasteiger partial charge in [-0.2, -0.15) is 4.98 Å². The molecule has 2 saturated carbocycles. The smallest absolute Gasteiger partial charge is 0.225 e. The van der Waals surface area contributed by atoms with Gasteiger partial charge in [0, 0.05) is 30.0 Å². The van der Waals surface area contributed by atoms with E-state index in [0.29, 0.717) is 29.8 Å². The summed E-state index contributed by atoms with van der Waals surface area (Å²) in [5.74, 6) is 1.70. The van der Waals surface area contributed by atoms with Crippen LogP contribution in [-0.2, 0) is 0 Å². The minimum Gasteiger partial charge on any atom is -0.459 e. The number of pyridine rings is 1. The van der Waals surface area contributed by atoms with E-state index >= 15 is 0 Å². The van der Waals surface area contributed by atoms with Gasteiger partial charge in [-0.3, -0.25) is 4.98 Å². The molecular formula is C30H32N6O4S. The number of aliphatic hydroxyl groups excluding tert-OH is 3. The van der Waals surface area contributed by atoms with Crippen LogP contribution < -0.4 is 10.6 Å². The van der Waals surface area contributed by atoms with Crippen LogP contribution in [0.25, 0.3) is 31.8 Å². The van der Waals surface area contributed by atoms with E-state index in [4.69, 9.17) is 19.4 Å². The van der Waals surface area contributed by atoms with Crippen molar-refractivity contribution in [3.63, 3.8) is 0 Å². The van der Waals surface area contributed by atoms with E-state index < -0.39 is 24.2 Å². The first kappa shape index (κ1) is 26.3. The van der Waals surface area contributed by atoms with E-state index in [2.05, 4.69) is 15.6 Å². The molecule has 212 valence electrons. The number of hydrogen-bond acceptors (Lipinski definition) is 11. The normalized spacial score (nSPS) is 23.3. The van der Waals surface area contributed by atoms with Crippen LogP contribution >= 0.6 is 11.3 Å².